The molecule has 1 aliphatic heterocycles. The largest absolute Gasteiger partial charge is 0.307 e. The van der Waals surface area contributed by atoms with Gasteiger partial charge in [0.25, 0.3) is 0 Å². The van der Waals surface area contributed by atoms with Crippen molar-refractivity contribution in [3.63, 3.8) is 0 Å². The molecule has 0 aliphatic carbocycles. The Bertz CT molecular complexity index is 581. The van der Waals surface area contributed by atoms with E-state index in [1.165, 1.54) is 36.6 Å². The third-order valence-corrected chi connectivity index (χ3v) is 4.79. The van der Waals surface area contributed by atoms with Gasteiger partial charge in [0.15, 0.2) is 0 Å². The summed E-state index contributed by atoms with van der Waals surface area (Å²) in [6.07, 6.45) is 7.05. The van der Waals surface area contributed by atoms with Gasteiger partial charge in [-0.25, -0.2) is 0 Å². The van der Waals surface area contributed by atoms with E-state index in [1.807, 2.05) is 12.3 Å². The summed E-state index contributed by atoms with van der Waals surface area (Å²) >= 11 is 0. The van der Waals surface area contributed by atoms with Gasteiger partial charge in [-0.2, -0.15) is 0 Å². The highest BCUT2D eigenvalue weighted by atomic mass is 15.0. The molecule has 1 N–H and O–H groups in total. The van der Waals surface area contributed by atoms with Crippen molar-refractivity contribution in [3.05, 3.63) is 42.1 Å². The highest BCUT2D eigenvalue weighted by Crippen LogP contribution is 2.37. The highest BCUT2D eigenvalue weighted by molar-refractivity contribution is 5.79. The van der Waals surface area contributed by atoms with Crippen LogP contribution in [0.2, 0.25) is 0 Å². The fourth-order valence-corrected chi connectivity index (χ4v) is 3.52. The number of rotatable bonds is 2. The van der Waals surface area contributed by atoms with Crippen molar-refractivity contribution in [3.8, 4) is 0 Å². The van der Waals surface area contributed by atoms with Crippen molar-refractivity contribution in [1.82, 2.24) is 10.3 Å². The Balaban J connectivity index is 2.08. The summed E-state index contributed by atoms with van der Waals surface area (Å²) in [6.45, 7) is 5.79. The molecule has 1 atom stereocenters. The molecule has 20 heavy (non-hydrogen) atoms. The van der Waals surface area contributed by atoms with Gasteiger partial charge in [0.2, 0.25) is 0 Å². The second-order valence-electron chi connectivity index (χ2n) is 6.27. The van der Waals surface area contributed by atoms with Crippen LogP contribution in [0.3, 0.4) is 0 Å². The molecule has 1 fully saturated rings. The monoisotopic (exact) mass is 268 g/mol. The summed E-state index contributed by atoms with van der Waals surface area (Å²) in [5, 5.41) is 5.07. The first kappa shape index (κ1) is 13.6. The molecular weight excluding hydrogens is 244 g/mol. The molecule has 1 aromatic heterocycles. The maximum absolute atomic E-state index is 4.52. The predicted octanol–water partition coefficient (Wildman–Crippen LogP) is 4.25. The van der Waals surface area contributed by atoms with E-state index in [4.69, 9.17) is 0 Å². The summed E-state index contributed by atoms with van der Waals surface area (Å²) in [5.41, 5.74) is 2.62. The minimum Gasteiger partial charge on any atom is -0.307 e. The highest BCUT2D eigenvalue weighted by Gasteiger charge is 2.35. The molecule has 3 rings (SSSR count). The number of fused-ring (bicyclic) bond motifs is 1. The Hall–Kier alpha value is -1.41. The maximum Gasteiger partial charge on any atom is 0.0705 e. The summed E-state index contributed by atoms with van der Waals surface area (Å²) < 4.78 is 0. The van der Waals surface area contributed by atoms with E-state index in [0.29, 0.717) is 5.92 Å². The number of benzene rings is 1. The van der Waals surface area contributed by atoms with E-state index in [9.17, 15) is 0 Å². The van der Waals surface area contributed by atoms with Gasteiger partial charge in [0.1, 0.15) is 0 Å². The molecule has 0 radical (unpaired) electrons. The molecular formula is C18H24N2. The van der Waals surface area contributed by atoms with Gasteiger partial charge >= 0.3 is 0 Å². The summed E-state index contributed by atoms with van der Waals surface area (Å²) in [5.74, 6) is 0.585. The van der Waals surface area contributed by atoms with Crippen molar-refractivity contribution in [2.24, 2.45) is 5.92 Å². The Morgan fingerprint density at radius 3 is 2.90 bits per heavy atom. The molecule has 1 unspecified atom stereocenters. The molecule has 0 bridgehead atoms. The van der Waals surface area contributed by atoms with Crippen LogP contribution in [0.1, 0.15) is 45.1 Å². The second-order valence-corrected chi connectivity index (χ2v) is 6.27. The van der Waals surface area contributed by atoms with Gasteiger partial charge < -0.3 is 5.32 Å². The number of pyridine rings is 1. The molecule has 0 spiro atoms. The van der Waals surface area contributed by atoms with Crippen molar-refractivity contribution in [2.75, 3.05) is 6.54 Å². The Labute approximate surface area is 121 Å². The fraction of sp³-hybridized carbons (Fsp3) is 0.500. The smallest absolute Gasteiger partial charge is 0.0705 e. The number of aromatic nitrogens is 1. The van der Waals surface area contributed by atoms with Crippen molar-refractivity contribution in [2.45, 2.75) is 45.1 Å². The number of hydrogen-bond acceptors (Lipinski definition) is 2. The standard InChI is InChI=1S/C18H24N2/c1-14(2)18(10-4-3-5-12-20-18)16-9-8-15-7-6-11-19-17(15)13-16/h6-9,11,13-14,20H,3-5,10,12H2,1-2H3. The van der Waals surface area contributed by atoms with Crippen LogP contribution in [0.15, 0.2) is 36.5 Å². The first-order chi connectivity index (χ1) is 9.72. The van der Waals surface area contributed by atoms with Gasteiger partial charge in [-0.05, 0) is 43.0 Å². The molecule has 2 heteroatoms. The summed E-state index contributed by atoms with van der Waals surface area (Å²) in [7, 11) is 0. The average molecular weight is 268 g/mol. The predicted molar refractivity (Wildman–Crippen MR) is 84.7 cm³/mol. The van der Waals surface area contributed by atoms with Crippen LogP contribution in [-0.4, -0.2) is 11.5 Å². The fourth-order valence-electron chi connectivity index (χ4n) is 3.52. The van der Waals surface area contributed by atoms with Gasteiger partial charge in [-0.15, -0.1) is 0 Å². The molecule has 2 nitrogen and oxygen atoms in total. The zero-order valence-corrected chi connectivity index (χ0v) is 12.5. The van der Waals surface area contributed by atoms with Crippen LogP contribution in [0, 0.1) is 5.92 Å². The lowest BCUT2D eigenvalue weighted by molar-refractivity contribution is 0.231. The lowest BCUT2D eigenvalue weighted by atomic mass is 9.76. The Morgan fingerprint density at radius 1 is 1.15 bits per heavy atom. The Kier molecular flexibility index (Phi) is 3.75. The minimum absolute atomic E-state index is 0.113. The molecule has 2 heterocycles. The number of nitrogens with zero attached hydrogens (tertiary/aromatic N) is 1. The minimum atomic E-state index is 0.113. The van der Waals surface area contributed by atoms with Crippen molar-refractivity contribution >= 4 is 10.9 Å². The molecule has 0 saturated carbocycles. The van der Waals surface area contributed by atoms with Crippen molar-refractivity contribution < 1.29 is 0 Å². The topological polar surface area (TPSA) is 24.9 Å². The Morgan fingerprint density at radius 2 is 2.05 bits per heavy atom. The van der Waals surface area contributed by atoms with Crippen LogP contribution in [-0.2, 0) is 5.54 Å². The molecule has 106 valence electrons. The normalized spacial score (nSPS) is 23.9. The third kappa shape index (κ3) is 2.33. The molecule has 1 saturated heterocycles. The number of nitrogens with one attached hydrogen (secondary N) is 1. The van der Waals surface area contributed by atoms with Gasteiger partial charge in [-0.1, -0.05) is 44.9 Å². The van der Waals surface area contributed by atoms with Gasteiger partial charge in [0.05, 0.1) is 5.52 Å². The van der Waals surface area contributed by atoms with E-state index < -0.39 is 0 Å². The van der Waals surface area contributed by atoms with Crippen LogP contribution in [0.5, 0.6) is 0 Å². The molecule has 1 aliphatic rings. The van der Waals surface area contributed by atoms with Crippen molar-refractivity contribution in [1.29, 1.82) is 0 Å². The first-order valence-electron chi connectivity index (χ1n) is 7.83. The summed E-state index contributed by atoms with van der Waals surface area (Å²) in [4.78, 5) is 4.52. The lowest BCUT2D eigenvalue weighted by Gasteiger charge is -2.38. The van der Waals surface area contributed by atoms with Crippen LogP contribution in [0.4, 0.5) is 0 Å². The van der Waals surface area contributed by atoms with E-state index >= 15 is 0 Å². The van der Waals surface area contributed by atoms with E-state index in [2.05, 4.69) is 48.4 Å². The van der Waals surface area contributed by atoms with Gasteiger partial charge in [0, 0.05) is 17.1 Å². The van der Waals surface area contributed by atoms with Gasteiger partial charge in [-0.3, -0.25) is 4.98 Å². The zero-order valence-electron chi connectivity index (χ0n) is 12.5. The maximum atomic E-state index is 4.52. The van der Waals surface area contributed by atoms with E-state index in [1.54, 1.807) is 0 Å². The van der Waals surface area contributed by atoms with Crippen LogP contribution >= 0.6 is 0 Å². The molecule has 0 amide bonds. The lowest BCUT2D eigenvalue weighted by Crippen LogP contribution is -2.46. The third-order valence-electron chi connectivity index (χ3n) is 4.79. The summed E-state index contributed by atoms with van der Waals surface area (Å²) in [6, 6.07) is 10.9. The average Bonchev–Trinajstić information content (AvgIpc) is 2.73. The molecule has 2 aromatic rings. The quantitative estimate of drug-likeness (QED) is 0.880. The first-order valence-corrected chi connectivity index (χ1v) is 7.83. The SMILES string of the molecule is CC(C)C1(c2ccc3cccnc3c2)CCCCCN1. The number of hydrogen-bond donors (Lipinski definition) is 1. The van der Waals surface area contributed by atoms with Crippen LogP contribution < -0.4 is 5.32 Å². The van der Waals surface area contributed by atoms with E-state index in [-0.39, 0.29) is 5.54 Å². The molecule has 1 aromatic carbocycles. The van der Waals surface area contributed by atoms with Crippen LogP contribution in [0.25, 0.3) is 10.9 Å². The zero-order chi connectivity index (χ0) is 14.0. The second kappa shape index (κ2) is 5.53. The van der Waals surface area contributed by atoms with E-state index in [0.717, 1.165) is 12.1 Å².